The van der Waals surface area contributed by atoms with E-state index in [1.54, 1.807) is 6.20 Å². The number of anilines is 3. The van der Waals surface area contributed by atoms with Crippen LogP contribution in [0.1, 0.15) is 24.5 Å². The maximum atomic E-state index is 5.35. The first kappa shape index (κ1) is 15.7. The van der Waals surface area contributed by atoms with Crippen molar-refractivity contribution in [1.82, 2.24) is 20.2 Å². The standard InChI is InChI=1S/C14H18N6O.CH5N/c1-2-10(1)11-9-13(19-18-11)16-12-3-4-15-14(17-12)20-5-7-21-8-6-20;1-2/h3-4,9-10H,1-2,5-8H2,(H2,15,16,17,18,19);2H2,1H3. The Labute approximate surface area is 135 Å². The van der Waals surface area contributed by atoms with Gasteiger partial charge in [0.25, 0.3) is 0 Å². The van der Waals surface area contributed by atoms with Crippen molar-refractivity contribution in [2.75, 3.05) is 43.6 Å². The molecule has 3 heterocycles. The molecule has 4 N–H and O–H groups in total. The molecular formula is C15H23N7O. The Morgan fingerprint density at radius 2 is 2.04 bits per heavy atom. The second-order valence-corrected chi connectivity index (χ2v) is 5.45. The van der Waals surface area contributed by atoms with Crippen molar-refractivity contribution >= 4 is 17.6 Å². The monoisotopic (exact) mass is 317 g/mol. The van der Waals surface area contributed by atoms with Crippen LogP contribution in [0.2, 0.25) is 0 Å². The molecule has 4 rings (SSSR count). The highest BCUT2D eigenvalue weighted by molar-refractivity contribution is 5.53. The quantitative estimate of drug-likeness (QED) is 0.779. The normalized spacial score (nSPS) is 17.4. The molecule has 0 atom stereocenters. The highest BCUT2D eigenvalue weighted by atomic mass is 16.5. The van der Waals surface area contributed by atoms with E-state index in [0.29, 0.717) is 5.92 Å². The molecule has 0 radical (unpaired) electrons. The number of H-pyrrole nitrogens is 1. The summed E-state index contributed by atoms with van der Waals surface area (Å²) in [6, 6.07) is 3.92. The Kier molecular flexibility index (Phi) is 5.04. The SMILES string of the molecule is CN.c1cc(Nc2cc(C3CC3)[nH]n2)nc(N2CCOCC2)n1. The number of nitrogens with zero attached hydrogens (tertiary/aromatic N) is 4. The Hall–Kier alpha value is -2.19. The number of rotatable bonds is 4. The Bertz CT molecular complexity index is 620. The molecule has 0 spiro atoms. The number of hydrogen-bond acceptors (Lipinski definition) is 7. The minimum Gasteiger partial charge on any atom is -0.378 e. The number of morpholine rings is 1. The van der Waals surface area contributed by atoms with Crippen molar-refractivity contribution in [3.05, 3.63) is 24.0 Å². The van der Waals surface area contributed by atoms with Crippen molar-refractivity contribution in [2.45, 2.75) is 18.8 Å². The molecule has 0 aromatic carbocycles. The van der Waals surface area contributed by atoms with Gasteiger partial charge >= 0.3 is 0 Å². The van der Waals surface area contributed by atoms with E-state index in [9.17, 15) is 0 Å². The molecule has 0 unspecified atom stereocenters. The van der Waals surface area contributed by atoms with Gasteiger partial charge < -0.3 is 20.7 Å². The average Bonchev–Trinajstić information content (AvgIpc) is 3.38. The molecule has 8 nitrogen and oxygen atoms in total. The molecule has 1 saturated heterocycles. The summed E-state index contributed by atoms with van der Waals surface area (Å²) in [5.74, 6) is 2.98. The largest absolute Gasteiger partial charge is 0.378 e. The molecule has 23 heavy (non-hydrogen) atoms. The van der Waals surface area contributed by atoms with Crippen LogP contribution in [0.25, 0.3) is 0 Å². The van der Waals surface area contributed by atoms with E-state index in [1.807, 2.05) is 6.07 Å². The number of ether oxygens (including phenoxy) is 1. The fourth-order valence-electron chi connectivity index (χ4n) is 2.47. The maximum absolute atomic E-state index is 5.35. The first-order valence-electron chi connectivity index (χ1n) is 7.94. The lowest BCUT2D eigenvalue weighted by Gasteiger charge is -2.26. The van der Waals surface area contributed by atoms with E-state index in [4.69, 9.17) is 4.74 Å². The van der Waals surface area contributed by atoms with Crippen LogP contribution >= 0.6 is 0 Å². The minimum absolute atomic E-state index is 0.669. The van der Waals surface area contributed by atoms with Crippen molar-refractivity contribution in [1.29, 1.82) is 0 Å². The number of aromatic nitrogens is 4. The molecule has 1 saturated carbocycles. The molecule has 2 aromatic heterocycles. The van der Waals surface area contributed by atoms with Gasteiger partial charge in [-0.1, -0.05) is 0 Å². The van der Waals surface area contributed by atoms with Gasteiger partial charge in [-0.05, 0) is 26.0 Å². The highest BCUT2D eigenvalue weighted by Crippen LogP contribution is 2.39. The smallest absolute Gasteiger partial charge is 0.227 e. The topological polar surface area (TPSA) is 105 Å². The third-order valence-corrected chi connectivity index (χ3v) is 3.81. The number of nitrogens with two attached hydrogens (primary N) is 1. The van der Waals surface area contributed by atoms with Gasteiger partial charge in [0.1, 0.15) is 5.82 Å². The predicted octanol–water partition coefficient (Wildman–Crippen LogP) is 1.23. The van der Waals surface area contributed by atoms with Crippen LogP contribution in [0.4, 0.5) is 17.6 Å². The van der Waals surface area contributed by atoms with Gasteiger partial charge in [0.05, 0.1) is 13.2 Å². The van der Waals surface area contributed by atoms with Gasteiger partial charge in [0.15, 0.2) is 5.82 Å². The van der Waals surface area contributed by atoms with Crippen LogP contribution in [-0.2, 0) is 4.74 Å². The molecule has 2 fully saturated rings. The number of nitrogens with one attached hydrogen (secondary N) is 2. The summed E-state index contributed by atoms with van der Waals surface area (Å²) in [4.78, 5) is 11.0. The van der Waals surface area contributed by atoms with Crippen LogP contribution in [0, 0.1) is 0 Å². The van der Waals surface area contributed by atoms with Crippen molar-refractivity contribution in [3.8, 4) is 0 Å². The minimum atomic E-state index is 0.669. The molecule has 1 aliphatic carbocycles. The fraction of sp³-hybridized carbons (Fsp3) is 0.533. The van der Waals surface area contributed by atoms with E-state index in [0.717, 1.165) is 43.9 Å². The van der Waals surface area contributed by atoms with E-state index in [2.05, 4.69) is 42.2 Å². The first-order chi connectivity index (χ1) is 11.4. The molecule has 8 heteroatoms. The summed E-state index contributed by atoms with van der Waals surface area (Å²) >= 11 is 0. The van der Waals surface area contributed by atoms with E-state index >= 15 is 0 Å². The molecule has 0 bridgehead atoms. The van der Waals surface area contributed by atoms with E-state index in [-0.39, 0.29) is 0 Å². The van der Waals surface area contributed by atoms with Crippen LogP contribution in [0.3, 0.4) is 0 Å². The van der Waals surface area contributed by atoms with Gasteiger partial charge in [-0.25, -0.2) is 4.98 Å². The van der Waals surface area contributed by atoms with Crippen LogP contribution in [0.5, 0.6) is 0 Å². The Morgan fingerprint density at radius 3 is 2.78 bits per heavy atom. The lowest BCUT2D eigenvalue weighted by Crippen LogP contribution is -2.37. The van der Waals surface area contributed by atoms with Crippen molar-refractivity contribution in [3.63, 3.8) is 0 Å². The molecule has 0 amide bonds. The van der Waals surface area contributed by atoms with Gasteiger partial charge in [0.2, 0.25) is 5.95 Å². The van der Waals surface area contributed by atoms with E-state index < -0.39 is 0 Å². The van der Waals surface area contributed by atoms with Gasteiger partial charge in [-0.15, -0.1) is 0 Å². The third-order valence-electron chi connectivity index (χ3n) is 3.81. The van der Waals surface area contributed by atoms with Crippen LogP contribution < -0.4 is 16.0 Å². The number of hydrogen-bond donors (Lipinski definition) is 3. The summed E-state index contributed by atoms with van der Waals surface area (Å²) in [7, 11) is 1.50. The second-order valence-electron chi connectivity index (χ2n) is 5.45. The summed E-state index contributed by atoms with van der Waals surface area (Å²) < 4.78 is 5.35. The lowest BCUT2D eigenvalue weighted by atomic mass is 10.3. The van der Waals surface area contributed by atoms with E-state index in [1.165, 1.54) is 25.6 Å². The van der Waals surface area contributed by atoms with Crippen LogP contribution in [0.15, 0.2) is 18.3 Å². The summed E-state index contributed by atoms with van der Waals surface area (Å²) in [6.07, 6.45) is 4.29. The molecule has 2 aromatic rings. The van der Waals surface area contributed by atoms with Crippen LogP contribution in [-0.4, -0.2) is 53.5 Å². The zero-order valence-corrected chi connectivity index (χ0v) is 13.3. The number of aromatic amines is 1. The van der Waals surface area contributed by atoms with Gasteiger partial charge in [-0.2, -0.15) is 10.1 Å². The lowest BCUT2D eigenvalue weighted by molar-refractivity contribution is 0.122. The predicted molar refractivity (Wildman–Crippen MR) is 89.0 cm³/mol. The summed E-state index contributed by atoms with van der Waals surface area (Å²) in [5.41, 5.74) is 5.71. The highest BCUT2D eigenvalue weighted by Gasteiger charge is 2.25. The van der Waals surface area contributed by atoms with Gasteiger partial charge in [0, 0.05) is 37.0 Å². The summed E-state index contributed by atoms with van der Waals surface area (Å²) in [5, 5.41) is 10.6. The molecular weight excluding hydrogens is 294 g/mol. The third kappa shape index (κ3) is 3.96. The second kappa shape index (κ2) is 7.38. The Balaban J connectivity index is 0.000000753. The Morgan fingerprint density at radius 1 is 1.26 bits per heavy atom. The molecule has 124 valence electrons. The molecule has 2 aliphatic rings. The summed E-state index contributed by atoms with van der Waals surface area (Å²) in [6.45, 7) is 3.12. The fourth-order valence-corrected chi connectivity index (χ4v) is 2.47. The zero-order valence-electron chi connectivity index (χ0n) is 13.3. The first-order valence-corrected chi connectivity index (χ1v) is 7.94. The average molecular weight is 317 g/mol. The van der Waals surface area contributed by atoms with Crippen molar-refractivity contribution < 1.29 is 4.74 Å². The van der Waals surface area contributed by atoms with Crippen molar-refractivity contribution in [2.24, 2.45) is 5.73 Å². The zero-order chi connectivity index (χ0) is 16.1. The molecule has 1 aliphatic heterocycles. The van der Waals surface area contributed by atoms with Gasteiger partial charge in [-0.3, -0.25) is 5.10 Å². The maximum Gasteiger partial charge on any atom is 0.227 e.